The van der Waals surface area contributed by atoms with Gasteiger partial charge in [-0.25, -0.2) is 0 Å². The molecule has 0 aromatic carbocycles. The zero-order valence-electron chi connectivity index (χ0n) is 6.82. The molecule has 12 heavy (non-hydrogen) atoms. The molecule has 0 aliphatic carbocycles. The number of ether oxygens (including phenoxy) is 1. The van der Waals surface area contributed by atoms with E-state index in [1.165, 1.54) is 11.5 Å². The summed E-state index contributed by atoms with van der Waals surface area (Å²) in [5.74, 6) is 2.94. The molecule has 70 valence electrons. The van der Waals surface area contributed by atoms with E-state index in [-0.39, 0.29) is 11.5 Å². The van der Waals surface area contributed by atoms with Crippen LogP contribution in [0.1, 0.15) is 6.92 Å². The molecule has 0 unspecified atom stereocenters. The van der Waals surface area contributed by atoms with Crippen LogP contribution in [0.5, 0.6) is 0 Å². The van der Waals surface area contributed by atoms with Gasteiger partial charge in [0.2, 0.25) is 0 Å². The molecule has 1 rings (SSSR count). The molecular formula is C6H11O2PS3. The summed E-state index contributed by atoms with van der Waals surface area (Å²) >= 11 is 5.72. The first-order valence-electron chi connectivity index (χ1n) is 3.67. The molecule has 0 bridgehead atoms. The molecule has 0 aromatic rings. The van der Waals surface area contributed by atoms with Gasteiger partial charge in [0.25, 0.3) is 0 Å². The van der Waals surface area contributed by atoms with Crippen molar-refractivity contribution in [2.75, 3.05) is 23.9 Å². The molecule has 1 aliphatic rings. The van der Waals surface area contributed by atoms with Crippen molar-refractivity contribution in [1.82, 2.24) is 0 Å². The number of esters is 1. The molecule has 1 heterocycles. The third-order valence-electron chi connectivity index (χ3n) is 1.07. The van der Waals surface area contributed by atoms with E-state index in [4.69, 9.17) is 4.74 Å². The summed E-state index contributed by atoms with van der Waals surface area (Å²) in [5.41, 5.74) is -0.0392. The fourth-order valence-corrected chi connectivity index (χ4v) is 11.2. The second-order valence-corrected chi connectivity index (χ2v) is 12.0. The summed E-state index contributed by atoms with van der Waals surface area (Å²) in [6.07, 6.45) is 0. The highest BCUT2D eigenvalue weighted by Crippen LogP contribution is 2.73. The first-order valence-corrected chi connectivity index (χ1v) is 9.79. The maximum absolute atomic E-state index is 10.9. The van der Waals surface area contributed by atoms with Gasteiger partial charge in [0.05, 0.1) is 17.9 Å². The zero-order valence-corrected chi connectivity index (χ0v) is 10.2. The smallest absolute Gasteiger partial charge is 0.316 e. The summed E-state index contributed by atoms with van der Waals surface area (Å²) in [4.78, 5) is 10.9. The lowest BCUT2D eigenvalue weighted by molar-refractivity contribution is -0.139. The Balaban J connectivity index is 2.03. The summed E-state index contributed by atoms with van der Waals surface area (Å²) in [6, 6.07) is 0. The maximum Gasteiger partial charge on any atom is 0.316 e. The van der Waals surface area contributed by atoms with Crippen molar-refractivity contribution >= 4 is 45.6 Å². The van der Waals surface area contributed by atoms with Crippen molar-refractivity contribution in [2.24, 2.45) is 0 Å². The standard InChI is InChI=1S/C6H11O2PS3/c1-2-8-6(7)5-12-9-10-3-4-11-9/h2-5H2,1H3. The maximum atomic E-state index is 10.9. The minimum absolute atomic E-state index is 0.0392. The van der Waals surface area contributed by atoms with Crippen molar-refractivity contribution in [1.29, 1.82) is 0 Å². The van der Waals surface area contributed by atoms with Crippen LogP contribution in [0.4, 0.5) is 0 Å². The average molecular weight is 242 g/mol. The summed E-state index contributed by atoms with van der Waals surface area (Å²) in [5, 5.41) is 0. The molecule has 0 saturated carbocycles. The zero-order chi connectivity index (χ0) is 8.81. The topological polar surface area (TPSA) is 26.3 Å². The van der Waals surface area contributed by atoms with Crippen molar-refractivity contribution in [3.63, 3.8) is 0 Å². The lowest BCUT2D eigenvalue weighted by Crippen LogP contribution is -2.05. The van der Waals surface area contributed by atoms with E-state index in [0.717, 1.165) is 0 Å². The van der Waals surface area contributed by atoms with Crippen molar-refractivity contribution in [2.45, 2.75) is 6.92 Å². The van der Waals surface area contributed by atoms with Gasteiger partial charge in [-0.1, -0.05) is 0 Å². The summed E-state index contributed by atoms with van der Waals surface area (Å²) in [7, 11) is 0. The summed E-state index contributed by atoms with van der Waals surface area (Å²) in [6.45, 7) is 2.34. The Labute approximate surface area is 85.9 Å². The molecule has 0 amide bonds. The molecule has 1 fully saturated rings. The number of carbonyl (C=O) groups is 1. The van der Waals surface area contributed by atoms with E-state index in [9.17, 15) is 4.79 Å². The van der Waals surface area contributed by atoms with Gasteiger partial charge >= 0.3 is 5.97 Å². The number of rotatable bonds is 4. The van der Waals surface area contributed by atoms with Crippen LogP contribution in [0.25, 0.3) is 0 Å². The fourth-order valence-electron chi connectivity index (χ4n) is 0.643. The average Bonchev–Trinajstić information content (AvgIpc) is 2.53. The molecular weight excluding hydrogens is 231 g/mol. The summed E-state index contributed by atoms with van der Waals surface area (Å²) < 4.78 is 4.83. The Morgan fingerprint density at radius 1 is 1.58 bits per heavy atom. The van der Waals surface area contributed by atoms with E-state index >= 15 is 0 Å². The second-order valence-electron chi connectivity index (χ2n) is 1.97. The number of hydrogen-bond acceptors (Lipinski definition) is 5. The largest absolute Gasteiger partial charge is 0.465 e. The monoisotopic (exact) mass is 242 g/mol. The first kappa shape index (κ1) is 11.0. The molecule has 0 N–H and O–H groups in total. The van der Waals surface area contributed by atoms with E-state index in [1.54, 1.807) is 11.4 Å². The third kappa shape index (κ3) is 4.26. The van der Waals surface area contributed by atoms with Gasteiger partial charge in [0.15, 0.2) is 0 Å². The van der Waals surface area contributed by atoms with Crippen LogP contribution >= 0.6 is 39.7 Å². The molecule has 6 heteroatoms. The van der Waals surface area contributed by atoms with Gasteiger partial charge in [-0.2, -0.15) is 0 Å². The number of hydrogen-bond donors (Lipinski definition) is 0. The fraction of sp³-hybridized carbons (Fsp3) is 0.833. The van der Waals surface area contributed by atoms with Crippen molar-refractivity contribution in [3.8, 4) is 0 Å². The van der Waals surface area contributed by atoms with Crippen LogP contribution in [0.3, 0.4) is 0 Å². The quantitative estimate of drug-likeness (QED) is 0.558. The van der Waals surface area contributed by atoms with Crippen LogP contribution in [0.2, 0.25) is 0 Å². The van der Waals surface area contributed by atoms with Crippen LogP contribution in [0.15, 0.2) is 0 Å². The van der Waals surface area contributed by atoms with E-state index in [1.807, 2.05) is 29.7 Å². The molecule has 0 atom stereocenters. The van der Waals surface area contributed by atoms with Crippen molar-refractivity contribution < 1.29 is 9.53 Å². The van der Waals surface area contributed by atoms with Gasteiger partial charge in [-0.05, 0) is 6.92 Å². The van der Waals surface area contributed by atoms with Crippen LogP contribution in [-0.4, -0.2) is 29.8 Å². The molecule has 0 radical (unpaired) electrons. The highest BCUT2D eigenvalue weighted by atomic mass is 33.4. The second kappa shape index (κ2) is 6.41. The normalized spacial score (nSPS) is 18.1. The molecule has 0 aromatic heterocycles. The Kier molecular flexibility index (Phi) is 5.89. The predicted molar refractivity (Wildman–Crippen MR) is 60.9 cm³/mol. The molecule has 1 aliphatic heterocycles. The number of carbonyl (C=O) groups excluding carboxylic acids is 1. The van der Waals surface area contributed by atoms with Gasteiger partial charge in [0, 0.05) is 11.5 Å². The van der Waals surface area contributed by atoms with Gasteiger partial charge in [-0.15, -0.1) is 34.1 Å². The minimum Gasteiger partial charge on any atom is -0.465 e. The highest BCUT2D eigenvalue weighted by Gasteiger charge is 2.18. The van der Waals surface area contributed by atoms with Crippen LogP contribution < -0.4 is 0 Å². The van der Waals surface area contributed by atoms with E-state index in [2.05, 4.69) is 0 Å². The lowest BCUT2D eigenvalue weighted by Gasteiger charge is -2.05. The third-order valence-corrected chi connectivity index (χ3v) is 12.2. The Bertz CT molecular complexity index is 150. The lowest BCUT2D eigenvalue weighted by atomic mass is 10.8. The van der Waals surface area contributed by atoms with Gasteiger partial charge < -0.3 is 4.74 Å². The molecule has 1 saturated heterocycles. The van der Waals surface area contributed by atoms with Gasteiger partial charge in [-0.3, -0.25) is 4.79 Å². The Morgan fingerprint density at radius 3 is 2.83 bits per heavy atom. The van der Waals surface area contributed by atoms with Crippen LogP contribution in [0, 0.1) is 0 Å². The Hall–Kier alpha value is 0.950. The van der Waals surface area contributed by atoms with E-state index < -0.39 is 0 Å². The SMILES string of the molecule is CCOC(=O)CSP1SCCS1. The van der Waals surface area contributed by atoms with Gasteiger partial charge in [0.1, 0.15) is 0 Å². The van der Waals surface area contributed by atoms with Crippen LogP contribution in [-0.2, 0) is 9.53 Å². The molecule has 0 spiro atoms. The predicted octanol–water partition coefficient (Wildman–Crippen LogP) is 2.99. The van der Waals surface area contributed by atoms with E-state index in [0.29, 0.717) is 12.4 Å². The Morgan fingerprint density at radius 2 is 2.25 bits per heavy atom. The molecule has 2 nitrogen and oxygen atoms in total. The first-order chi connectivity index (χ1) is 5.83. The minimum atomic E-state index is -0.0712. The van der Waals surface area contributed by atoms with Crippen molar-refractivity contribution in [3.05, 3.63) is 0 Å². The highest BCUT2D eigenvalue weighted by molar-refractivity contribution is 9.13.